The molecule has 8 nitrogen and oxygen atoms in total. The number of aromatic nitrogens is 3. The summed E-state index contributed by atoms with van der Waals surface area (Å²) in [5.41, 5.74) is 5.30. The van der Waals surface area contributed by atoms with E-state index in [0.717, 1.165) is 6.26 Å². The van der Waals surface area contributed by atoms with Gasteiger partial charge in [-0.25, -0.2) is 18.1 Å². The topological polar surface area (TPSA) is 111 Å². The van der Waals surface area contributed by atoms with Crippen LogP contribution in [0.15, 0.2) is 6.33 Å². The summed E-state index contributed by atoms with van der Waals surface area (Å²) in [6.07, 6.45) is 2.47. The van der Waals surface area contributed by atoms with Crippen molar-refractivity contribution in [2.75, 3.05) is 31.3 Å². The van der Waals surface area contributed by atoms with Crippen LogP contribution in [-0.4, -0.2) is 59.6 Å². The number of carbonyl (C=O) groups excluding carboxylic acids is 1. The van der Waals surface area contributed by atoms with E-state index in [1.165, 1.54) is 23.0 Å². The van der Waals surface area contributed by atoms with Crippen LogP contribution in [0.5, 0.6) is 0 Å². The average molecular weight is 261 g/mol. The van der Waals surface area contributed by atoms with E-state index >= 15 is 0 Å². The normalized spacial score (nSPS) is 11.4. The second-order valence-corrected chi connectivity index (χ2v) is 6.01. The number of sulfone groups is 1. The van der Waals surface area contributed by atoms with Crippen LogP contribution in [0, 0.1) is 0 Å². The first-order chi connectivity index (χ1) is 7.78. The molecule has 0 bridgehead atoms. The molecule has 9 heteroatoms. The third kappa shape index (κ3) is 4.81. The van der Waals surface area contributed by atoms with Crippen molar-refractivity contribution in [1.82, 2.24) is 19.7 Å². The Morgan fingerprint density at radius 1 is 1.59 bits per heavy atom. The Bertz CT molecular complexity index is 495. The van der Waals surface area contributed by atoms with Gasteiger partial charge in [0, 0.05) is 19.8 Å². The van der Waals surface area contributed by atoms with E-state index in [9.17, 15) is 13.2 Å². The van der Waals surface area contributed by atoms with Gasteiger partial charge in [-0.1, -0.05) is 0 Å². The van der Waals surface area contributed by atoms with Gasteiger partial charge in [-0.3, -0.25) is 4.79 Å². The predicted molar refractivity (Wildman–Crippen MR) is 61.8 cm³/mol. The fourth-order valence-corrected chi connectivity index (χ4v) is 1.68. The number of amides is 1. The Kier molecular flexibility index (Phi) is 4.05. The van der Waals surface area contributed by atoms with Crippen molar-refractivity contribution in [2.24, 2.45) is 0 Å². The Morgan fingerprint density at radius 2 is 2.24 bits per heavy atom. The van der Waals surface area contributed by atoms with Crippen LogP contribution < -0.4 is 5.73 Å². The molecule has 0 aromatic carbocycles. The first kappa shape index (κ1) is 13.4. The number of nitrogen functional groups attached to an aromatic ring is 1. The van der Waals surface area contributed by atoms with Gasteiger partial charge in [0.15, 0.2) is 0 Å². The summed E-state index contributed by atoms with van der Waals surface area (Å²) in [4.78, 5) is 16.6. The van der Waals surface area contributed by atoms with Crippen molar-refractivity contribution in [3.63, 3.8) is 0 Å². The average Bonchev–Trinajstić information content (AvgIpc) is 2.59. The third-order valence-electron chi connectivity index (χ3n) is 2.07. The Hall–Kier alpha value is -1.64. The van der Waals surface area contributed by atoms with Crippen molar-refractivity contribution < 1.29 is 13.2 Å². The molecule has 0 aliphatic rings. The molecule has 0 radical (unpaired) electrons. The maximum absolute atomic E-state index is 11.6. The Balaban J connectivity index is 2.47. The second-order valence-electron chi connectivity index (χ2n) is 3.75. The standard InChI is InChI=1S/C8H15N5O3S/c1-12(3-4-17(2,15)16)7(14)5-13-6-10-8(9)11-13/h6H,3-5H2,1-2H3,(H2,9,11). The first-order valence-corrected chi connectivity index (χ1v) is 6.90. The fraction of sp³-hybridized carbons (Fsp3) is 0.625. The van der Waals surface area contributed by atoms with Crippen LogP contribution in [0.25, 0.3) is 0 Å². The van der Waals surface area contributed by atoms with Crippen molar-refractivity contribution in [1.29, 1.82) is 0 Å². The van der Waals surface area contributed by atoms with Gasteiger partial charge in [-0.15, -0.1) is 5.10 Å². The fourth-order valence-electron chi connectivity index (χ4n) is 1.07. The molecule has 17 heavy (non-hydrogen) atoms. The number of hydrogen-bond donors (Lipinski definition) is 1. The number of nitrogens with zero attached hydrogens (tertiary/aromatic N) is 4. The maximum Gasteiger partial charge on any atom is 0.244 e. The number of hydrogen-bond acceptors (Lipinski definition) is 6. The Morgan fingerprint density at radius 3 is 2.71 bits per heavy atom. The zero-order valence-corrected chi connectivity index (χ0v) is 10.5. The molecule has 0 aliphatic carbocycles. The first-order valence-electron chi connectivity index (χ1n) is 4.84. The van der Waals surface area contributed by atoms with Gasteiger partial charge in [-0.2, -0.15) is 0 Å². The van der Waals surface area contributed by atoms with E-state index in [2.05, 4.69) is 10.1 Å². The van der Waals surface area contributed by atoms with Gasteiger partial charge in [0.1, 0.15) is 22.7 Å². The molecule has 2 N–H and O–H groups in total. The van der Waals surface area contributed by atoms with Crippen molar-refractivity contribution >= 4 is 21.7 Å². The summed E-state index contributed by atoms with van der Waals surface area (Å²) in [6, 6.07) is 0. The molecule has 0 atom stereocenters. The van der Waals surface area contributed by atoms with Crippen molar-refractivity contribution in [3.8, 4) is 0 Å². The van der Waals surface area contributed by atoms with Crippen LogP contribution in [-0.2, 0) is 21.2 Å². The van der Waals surface area contributed by atoms with Gasteiger partial charge < -0.3 is 10.6 Å². The van der Waals surface area contributed by atoms with E-state index in [0.29, 0.717) is 0 Å². The van der Waals surface area contributed by atoms with Crippen molar-refractivity contribution in [3.05, 3.63) is 6.33 Å². The highest BCUT2D eigenvalue weighted by molar-refractivity contribution is 7.90. The molecule has 1 aromatic heterocycles. The quantitative estimate of drug-likeness (QED) is 0.680. The number of anilines is 1. The number of nitrogens with two attached hydrogens (primary N) is 1. The smallest absolute Gasteiger partial charge is 0.244 e. The van der Waals surface area contributed by atoms with Crippen LogP contribution >= 0.6 is 0 Å². The Labute approximate surface area is 99.3 Å². The van der Waals surface area contributed by atoms with E-state index in [1.807, 2.05) is 0 Å². The van der Waals surface area contributed by atoms with Crippen LogP contribution in [0.1, 0.15) is 0 Å². The molecule has 96 valence electrons. The highest BCUT2D eigenvalue weighted by Crippen LogP contribution is 1.94. The summed E-state index contributed by atoms with van der Waals surface area (Å²) in [6.45, 7) is 0.145. The van der Waals surface area contributed by atoms with E-state index in [-0.39, 0.29) is 30.7 Å². The lowest BCUT2D eigenvalue weighted by Gasteiger charge is -2.16. The molecule has 0 saturated heterocycles. The number of likely N-dealkylation sites (N-methyl/N-ethyl adjacent to an activating group) is 1. The molecule has 0 unspecified atom stereocenters. The monoisotopic (exact) mass is 261 g/mol. The van der Waals surface area contributed by atoms with E-state index in [1.54, 1.807) is 0 Å². The summed E-state index contributed by atoms with van der Waals surface area (Å²) < 4.78 is 23.2. The van der Waals surface area contributed by atoms with E-state index in [4.69, 9.17) is 5.73 Å². The number of carbonyl (C=O) groups is 1. The molecule has 1 rings (SSSR count). The summed E-state index contributed by atoms with van der Waals surface area (Å²) in [7, 11) is -1.53. The highest BCUT2D eigenvalue weighted by Gasteiger charge is 2.12. The summed E-state index contributed by atoms with van der Waals surface area (Å²) in [5, 5.41) is 3.76. The molecule has 0 fully saturated rings. The van der Waals surface area contributed by atoms with Gasteiger partial charge in [0.05, 0.1) is 5.75 Å². The zero-order chi connectivity index (χ0) is 13.1. The van der Waals surface area contributed by atoms with Gasteiger partial charge in [-0.05, 0) is 0 Å². The summed E-state index contributed by atoms with van der Waals surface area (Å²) in [5.74, 6) is -0.218. The minimum atomic E-state index is -3.07. The van der Waals surface area contributed by atoms with E-state index < -0.39 is 9.84 Å². The largest absolute Gasteiger partial charge is 0.367 e. The molecular formula is C8H15N5O3S. The van der Waals surface area contributed by atoms with Crippen molar-refractivity contribution in [2.45, 2.75) is 6.54 Å². The second kappa shape index (κ2) is 5.13. The molecule has 1 aromatic rings. The highest BCUT2D eigenvalue weighted by atomic mass is 32.2. The van der Waals surface area contributed by atoms with Crippen LogP contribution in [0.3, 0.4) is 0 Å². The predicted octanol–water partition coefficient (Wildman–Crippen LogP) is -1.64. The molecule has 1 heterocycles. The molecule has 0 aliphatic heterocycles. The lowest BCUT2D eigenvalue weighted by molar-refractivity contribution is -0.130. The van der Waals surface area contributed by atoms with Gasteiger partial charge in [0.25, 0.3) is 0 Å². The maximum atomic E-state index is 11.6. The molecule has 0 saturated carbocycles. The zero-order valence-electron chi connectivity index (χ0n) is 9.70. The summed E-state index contributed by atoms with van der Waals surface area (Å²) >= 11 is 0. The SMILES string of the molecule is CN(CCS(C)(=O)=O)C(=O)Cn1cnc(N)n1. The molecule has 0 spiro atoms. The van der Waals surface area contributed by atoms with Crippen LogP contribution in [0.4, 0.5) is 5.95 Å². The molecular weight excluding hydrogens is 246 g/mol. The minimum Gasteiger partial charge on any atom is -0.367 e. The lowest BCUT2D eigenvalue weighted by atomic mass is 10.5. The van der Waals surface area contributed by atoms with Gasteiger partial charge in [0.2, 0.25) is 11.9 Å². The van der Waals surface area contributed by atoms with Gasteiger partial charge >= 0.3 is 0 Å². The lowest BCUT2D eigenvalue weighted by Crippen LogP contribution is -2.34. The minimum absolute atomic E-state index is 0.00946. The number of rotatable bonds is 5. The third-order valence-corrected chi connectivity index (χ3v) is 3.00. The molecule has 1 amide bonds. The van der Waals surface area contributed by atoms with Crippen LogP contribution in [0.2, 0.25) is 0 Å².